The van der Waals surface area contributed by atoms with Crippen LogP contribution in [0.25, 0.3) is 0 Å². The molecule has 0 radical (unpaired) electrons. The average Bonchev–Trinajstić information content (AvgIpc) is 2.74. The molecule has 2 N–H and O–H groups in total. The van der Waals surface area contributed by atoms with Gasteiger partial charge in [-0.1, -0.05) is 12.0 Å². The van der Waals surface area contributed by atoms with E-state index in [1.165, 1.54) is 4.90 Å². The number of nitrogens with one attached hydrogen (secondary N) is 2. The average molecular weight is 241 g/mol. The lowest BCUT2D eigenvalue weighted by Gasteiger charge is -2.09. The van der Waals surface area contributed by atoms with Crippen LogP contribution in [0.4, 0.5) is 6.01 Å². The molecule has 7 nitrogen and oxygen atoms in total. The molecule has 7 heteroatoms. The number of anilines is 1. The maximum absolute atomic E-state index is 11.3. The number of aromatic nitrogens is 2. The molecule has 0 aliphatic heterocycles. The third-order valence-corrected chi connectivity index (χ3v) is 2.21. The van der Waals surface area contributed by atoms with E-state index in [1.807, 2.05) is 13.8 Å². The Kier molecular flexibility index (Phi) is 4.89. The van der Waals surface area contributed by atoms with E-state index < -0.39 is 0 Å². The molecule has 17 heavy (non-hydrogen) atoms. The minimum Gasteiger partial charge on any atom is -0.406 e. The van der Waals surface area contributed by atoms with Crippen LogP contribution >= 0.6 is 0 Å². The number of hydrogen-bond acceptors (Lipinski definition) is 6. The highest BCUT2D eigenvalue weighted by molar-refractivity contribution is 5.79. The van der Waals surface area contributed by atoms with E-state index in [0.29, 0.717) is 5.89 Å². The van der Waals surface area contributed by atoms with Crippen LogP contribution in [-0.4, -0.2) is 48.2 Å². The summed E-state index contributed by atoms with van der Waals surface area (Å²) in [6.07, 6.45) is 0. The second-order valence-corrected chi connectivity index (χ2v) is 3.87. The summed E-state index contributed by atoms with van der Waals surface area (Å²) in [6, 6.07) is 0.271. The van der Waals surface area contributed by atoms with Gasteiger partial charge in [-0.3, -0.25) is 4.79 Å². The van der Waals surface area contributed by atoms with Crippen LogP contribution in [0.15, 0.2) is 4.42 Å². The first-order valence-corrected chi connectivity index (χ1v) is 5.55. The molecule has 1 atom stereocenters. The largest absolute Gasteiger partial charge is 0.406 e. The van der Waals surface area contributed by atoms with E-state index in [-0.39, 0.29) is 24.5 Å². The van der Waals surface area contributed by atoms with Gasteiger partial charge in [0, 0.05) is 14.1 Å². The van der Waals surface area contributed by atoms with Crippen molar-refractivity contribution in [3.05, 3.63) is 5.89 Å². The quantitative estimate of drug-likeness (QED) is 0.742. The molecule has 1 aromatic rings. The van der Waals surface area contributed by atoms with Gasteiger partial charge in [-0.25, -0.2) is 0 Å². The van der Waals surface area contributed by atoms with Crippen LogP contribution in [0, 0.1) is 0 Å². The fraction of sp³-hybridized carbons (Fsp3) is 0.700. The molecule has 0 fully saturated rings. The minimum atomic E-state index is -0.0514. The number of rotatable bonds is 6. The molecule has 0 bridgehead atoms. The standard InChI is InChI=1S/C10H19N5O2/c1-5-11-7(2)9-13-14-10(17-9)12-6-8(16)15(3)4/h7,11H,5-6H2,1-4H3,(H,12,14). The van der Waals surface area contributed by atoms with E-state index in [2.05, 4.69) is 20.8 Å². The lowest BCUT2D eigenvalue weighted by Crippen LogP contribution is -2.28. The van der Waals surface area contributed by atoms with Gasteiger partial charge in [-0.05, 0) is 13.5 Å². The zero-order valence-corrected chi connectivity index (χ0v) is 10.6. The van der Waals surface area contributed by atoms with Crippen LogP contribution < -0.4 is 10.6 Å². The zero-order valence-electron chi connectivity index (χ0n) is 10.6. The Morgan fingerprint density at radius 3 is 2.76 bits per heavy atom. The molecule has 0 spiro atoms. The maximum Gasteiger partial charge on any atom is 0.315 e. The van der Waals surface area contributed by atoms with Crippen molar-refractivity contribution in [2.75, 3.05) is 32.5 Å². The fourth-order valence-electron chi connectivity index (χ4n) is 1.18. The lowest BCUT2D eigenvalue weighted by molar-refractivity contribution is -0.126. The molecule has 1 aromatic heterocycles. The van der Waals surface area contributed by atoms with Crippen LogP contribution in [-0.2, 0) is 4.79 Å². The smallest absolute Gasteiger partial charge is 0.315 e. The summed E-state index contributed by atoms with van der Waals surface area (Å²) >= 11 is 0. The van der Waals surface area contributed by atoms with Crippen molar-refractivity contribution in [2.24, 2.45) is 0 Å². The van der Waals surface area contributed by atoms with Crippen molar-refractivity contribution in [1.82, 2.24) is 20.4 Å². The molecule has 1 unspecified atom stereocenters. The van der Waals surface area contributed by atoms with Gasteiger partial charge in [-0.15, -0.1) is 5.10 Å². The molecule has 0 aliphatic carbocycles. The van der Waals surface area contributed by atoms with Gasteiger partial charge < -0.3 is 20.0 Å². The summed E-state index contributed by atoms with van der Waals surface area (Å²) < 4.78 is 5.36. The Morgan fingerprint density at radius 2 is 2.18 bits per heavy atom. The van der Waals surface area contributed by atoms with E-state index in [0.717, 1.165) is 6.54 Å². The van der Waals surface area contributed by atoms with Gasteiger partial charge in [0.2, 0.25) is 11.8 Å². The van der Waals surface area contributed by atoms with Gasteiger partial charge in [0.1, 0.15) is 0 Å². The summed E-state index contributed by atoms with van der Waals surface area (Å²) in [5.41, 5.74) is 0. The highest BCUT2D eigenvalue weighted by Crippen LogP contribution is 2.12. The second kappa shape index (κ2) is 6.19. The second-order valence-electron chi connectivity index (χ2n) is 3.87. The summed E-state index contributed by atoms with van der Waals surface area (Å²) in [6.45, 7) is 4.91. The van der Waals surface area contributed by atoms with Crippen molar-refractivity contribution in [3.63, 3.8) is 0 Å². The Hall–Kier alpha value is -1.63. The van der Waals surface area contributed by atoms with Crippen LogP contribution in [0.5, 0.6) is 0 Å². The van der Waals surface area contributed by atoms with Gasteiger partial charge in [0.15, 0.2) is 0 Å². The Morgan fingerprint density at radius 1 is 1.47 bits per heavy atom. The first-order valence-electron chi connectivity index (χ1n) is 5.55. The van der Waals surface area contributed by atoms with Crippen molar-refractivity contribution in [1.29, 1.82) is 0 Å². The Bertz CT molecular complexity index is 363. The van der Waals surface area contributed by atoms with Gasteiger partial charge >= 0.3 is 6.01 Å². The SMILES string of the molecule is CCNC(C)c1nnc(NCC(=O)N(C)C)o1. The monoisotopic (exact) mass is 241 g/mol. The molecule has 0 saturated heterocycles. The fourth-order valence-corrected chi connectivity index (χ4v) is 1.18. The number of carbonyl (C=O) groups is 1. The van der Waals surface area contributed by atoms with Gasteiger partial charge in [0.05, 0.1) is 12.6 Å². The van der Waals surface area contributed by atoms with E-state index in [1.54, 1.807) is 14.1 Å². The van der Waals surface area contributed by atoms with E-state index in [9.17, 15) is 4.79 Å². The number of nitrogens with zero attached hydrogens (tertiary/aromatic N) is 3. The number of likely N-dealkylation sites (N-methyl/N-ethyl adjacent to an activating group) is 1. The predicted molar refractivity (Wildman–Crippen MR) is 63.6 cm³/mol. The Balaban J connectivity index is 2.48. The molecule has 0 aliphatic rings. The third kappa shape index (κ3) is 4.03. The van der Waals surface area contributed by atoms with Crippen molar-refractivity contribution >= 4 is 11.9 Å². The van der Waals surface area contributed by atoms with E-state index >= 15 is 0 Å². The third-order valence-electron chi connectivity index (χ3n) is 2.21. The predicted octanol–water partition coefficient (Wildman–Crippen LogP) is 0.240. The topological polar surface area (TPSA) is 83.3 Å². The van der Waals surface area contributed by atoms with Crippen LogP contribution in [0.2, 0.25) is 0 Å². The summed E-state index contributed by atoms with van der Waals surface area (Å²) in [4.78, 5) is 12.8. The molecule has 0 aromatic carbocycles. The van der Waals surface area contributed by atoms with Gasteiger partial charge in [0.25, 0.3) is 0 Å². The summed E-state index contributed by atoms with van der Waals surface area (Å²) in [7, 11) is 3.38. The summed E-state index contributed by atoms with van der Waals surface area (Å²) in [5, 5.41) is 13.6. The first-order chi connectivity index (χ1) is 8.04. The number of hydrogen-bond donors (Lipinski definition) is 2. The van der Waals surface area contributed by atoms with Crippen molar-refractivity contribution in [3.8, 4) is 0 Å². The minimum absolute atomic E-state index is 0.00704. The molecule has 1 heterocycles. The highest BCUT2D eigenvalue weighted by Gasteiger charge is 2.13. The molecular weight excluding hydrogens is 222 g/mol. The summed E-state index contributed by atoms with van der Waals surface area (Å²) in [5.74, 6) is 0.455. The Labute approximate surface area is 101 Å². The van der Waals surface area contributed by atoms with Crippen molar-refractivity contribution in [2.45, 2.75) is 19.9 Å². The molecule has 0 saturated carbocycles. The first kappa shape index (κ1) is 13.4. The molecule has 96 valence electrons. The van der Waals surface area contributed by atoms with E-state index in [4.69, 9.17) is 4.42 Å². The van der Waals surface area contributed by atoms with Gasteiger partial charge in [-0.2, -0.15) is 0 Å². The molecular formula is C10H19N5O2. The number of carbonyl (C=O) groups excluding carboxylic acids is 1. The van der Waals surface area contributed by atoms with Crippen LogP contribution in [0.3, 0.4) is 0 Å². The zero-order chi connectivity index (χ0) is 12.8. The van der Waals surface area contributed by atoms with Crippen LogP contribution in [0.1, 0.15) is 25.8 Å². The molecule has 1 rings (SSSR count). The molecule has 1 amide bonds. The maximum atomic E-state index is 11.3. The van der Waals surface area contributed by atoms with Crippen molar-refractivity contribution < 1.29 is 9.21 Å². The normalized spacial score (nSPS) is 12.2. The lowest BCUT2D eigenvalue weighted by atomic mass is 10.3. The number of amides is 1. The highest BCUT2D eigenvalue weighted by atomic mass is 16.4.